The SMILES string of the molecule is O=C(c1ccccc1)C1(O)c2ccccc2OC1(C[N+](=O)[O-])c1ccccc1. The summed E-state index contributed by atoms with van der Waals surface area (Å²) in [6.45, 7) is -0.777. The average Bonchev–Trinajstić information content (AvgIpc) is 2.98. The quantitative estimate of drug-likeness (QED) is 0.420. The number of benzene rings is 3. The number of nitrogens with zero attached hydrogens (tertiary/aromatic N) is 1. The minimum atomic E-state index is -2.26. The molecule has 3 aromatic rings. The van der Waals surface area contributed by atoms with Crippen molar-refractivity contribution in [3.63, 3.8) is 0 Å². The van der Waals surface area contributed by atoms with Crippen LogP contribution in [0.5, 0.6) is 5.75 Å². The maximum atomic E-state index is 13.5. The summed E-state index contributed by atoms with van der Waals surface area (Å²) < 4.78 is 6.04. The van der Waals surface area contributed by atoms with Gasteiger partial charge in [0.1, 0.15) is 5.75 Å². The standard InChI is InChI=1S/C22H17NO5/c24-20(16-9-3-1-4-10-16)22(25)18-13-7-8-14-19(18)28-21(22,15-23(26)27)17-11-5-2-6-12-17/h1-14,25H,15H2. The highest BCUT2D eigenvalue weighted by molar-refractivity contribution is 6.05. The molecule has 2 atom stereocenters. The molecule has 1 aliphatic heterocycles. The highest BCUT2D eigenvalue weighted by atomic mass is 16.6. The van der Waals surface area contributed by atoms with Crippen molar-refractivity contribution in [1.29, 1.82) is 0 Å². The van der Waals surface area contributed by atoms with Gasteiger partial charge in [-0.15, -0.1) is 0 Å². The molecule has 0 radical (unpaired) electrons. The molecule has 0 spiro atoms. The van der Waals surface area contributed by atoms with Crippen molar-refractivity contribution < 1.29 is 19.6 Å². The number of aliphatic hydroxyl groups is 1. The number of hydrogen-bond acceptors (Lipinski definition) is 5. The predicted octanol–water partition coefficient (Wildman–Crippen LogP) is 3.32. The molecule has 2 unspecified atom stereocenters. The number of carbonyl (C=O) groups excluding carboxylic acids is 1. The van der Waals surface area contributed by atoms with E-state index in [1.54, 1.807) is 84.9 Å². The molecule has 0 aliphatic carbocycles. The number of ether oxygens (including phenoxy) is 1. The Balaban J connectivity index is 2.02. The van der Waals surface area contributed by atoms with E-state index in [-0.39, 0.29) is 16.9 Å². The number of Topliss-reactive ketones (excluding diaryl/α,β-unsaturated/α-hetero) is 1. The zero-order valence-electron chi connectivity index (χ0n) is 14.8. The van der Waals surface area contributed by atoms with Gasteiger partial charge >= 0.3 is 0 Å². The molecule has 0 saturated heterocycles. The molecule has 3 aromatic carbocycles. The summed E-state index contributed by atoms with van der Waals surface area (Å²) in [5.41, 5.74) is -3.34. The smallest absolute Gasteiger partial charge is 0.251 e. The summed E-state index contributed by atoms with van der Waals surface area (Å²) >= 11 is 0. The lowest BCUT2D eigenvalue weighted by Crippen LogP contribution is -2.57. The Labute approximate surface area is 161 Å². The van der Waals surface area contributed by atoms with Gasteiger partial charge in [-0.05, 0) is 6.07 Å². The number of ketones is 1. The van der Waals surface area contributed by atoms with Crippen molar-refractivity contribution in [3.8, 4) is 5.75 Å². The maximum Gasteiger partial charge on any atom is 0.251 e. The summed E-state index contributed by atoms with van der Waals surface area (Å²) in [6, 6.07) is 23.2. The van der Waals surface area contributed by atoms with Crippen molar-refractivity contribution >= 4 is 5.78 Å². The van der Waals surface area contributed by atoms with Crippen LogP contribution in [0.1, 0.15) is 21.5 Å². The molecule has 0 bridgehead atoms. The van der Waals surface area contributed by atoms with Crippen LogP contribution in [0.25, 0.3) is 0 Å². The number of nitro groups is 1. The lowest BCUT2D eigenvalue weighted by Gasteiger charge is -2.37. The van der Waals surface area contributed by atoms with Crippen molar-refractivity contribution in [1.82, 2.24) is 0 Å². The minimum Gasteiger partial charge on any atom is -0.471 e. The molecule has 1 N–H and O–H groups in total. The van der Waals surface area contributed by atoms with Crippen LogP contribution in [0.3, 0.4) is 0 Å². The van der Waals surface area contributed by atoms with Crippen LogP contribution in [0.15, 0.2) is 84.9 Å². The summed E-state index contributed by atoms with van der Waals surface area (Å²) in [4.78, 5) is 24.6. The summed E-state index contributed by atoms with van der Waals surface area (Å²) in [6.07, 6.45) is 0. The average molecular weight is 375 g/mol. The lowest BCUT2D eigenvalue weighted by atomic mass is 9.71. The second-order valence-corrected chi connectivity index (χ2v) is 6.69. The molecular formula is C22H17NO5. The van der Waals surface area contributed by atoms with E-state index in [2.05, 4.69) is 0 Å². The normalized spacial score (nSPS) is 22.9. The van der Waals surface area contributed by atoms with Gasteiger partial charge in [-0.2, -0.15) is 0 Å². The maximum absolute atomic E-state index is 13.5. The van der Waals surface area contributed by atoms with Crippen molar-refractivity contribution in [2.24, 2.45) is 0 Å². The summed E-state index contributed by atoms with van der Waals surface area (Å²) in [5.74, 6) is -0.399. The highest BCUT2D eigenvalue weighted by Gasteiger charge is 2.67. The molecule has 0 amide bonds. The number of para-hydroxylation sites is 1. The number of rotatable bonds is 5. The van der Waals surface area contributed by atoms with Gasteiger partial charge in [0.05, 0.1) is 0 Å². The van der Waals surface area contributed by atoms with Crippen LogP contribution in [0.2, 0.25) is 0 Å². The molecule has 0 aromatic heterocycles. The van der Waals surface area contributed by atoms with Gasteiger partial charge in [-0.3, -0.25) is 14.9 Å². The number of hydrogen-bond donors (Lipinski definition) is 1. The second-order valence-electron chi connectivity index (χ2n) is 6.69. The molecule has 1 aliphatic rings. The Morgan fingerprint density at radius 2 is 1.50 bits per heavy atom. The van der Waals surface area contributed by atoms with E-state index >= 15 is 0 Å². The zero-order valence-corrected chi connectivity index (χ0v) is 14.8. The third kappa shape index (κ3) is 2.50. The zero-order chi connectivity index (χ0) is 19.8. The van der Waals surface area contributed by atoms with Gasteiger partial charge in [-0.25, -0.2) is 0 Å². The first-order valence-corrected chi connectivity index (χ1v) is 8.77. The first-order chi connectivity index (χ1) is 13.5. The Bertz CT molecular complexity index is 1040. The van der Waals surface area contributed by atoms with Gasteiger partial charge in [0.25, 0.3) is 6.54 Å². The van der Waals surface area contributed by atoms with Crippen LogP contribution >= 0.6 is 0 Å². The topological polar surface area (TPSA) is 89.7 Å². The molecule has 0 saturated carbocycles. The van der Waals surface area contributed by atoms with Gasteiger partial charge in [0.15, 0.2) is 0 Å². The van der Waals surface area contributed by atoms with Crippen molar-refractivity contribution in [2.75, 3.05) is 6.54 Å². The Hall–Kier alpha value is -3.51. The number of fused-ring (bicyclic) bond motifs is 1. The van der Waals surface area contributed by atoms with E-state index in [0.29, 0.717) is 5.56 Å². The van der Waals surface area contributed by atoms with Crippen LogP contribution in [0.4, 0.5) is 0 Å². The monoisotopic (exact) mass is 375 g/mol. The van der Waals surface area contributed by atoms with E-state index in [1.807, 2.05) is 0 Å². The second kappa shape index (κ2) is 6.58. The van der Waals surface area contributed by atoms with Gasteiger partial charge in [0, 0.05) is 21.6 Å². The Morgan fingerprint density at radius 1 is 0.929 bits per heavy atom. The summed E-state index contributed by atoms with van der Waals surface area (Å²) in [7, 11) is 0. The number of carbonyl (C=O) groups is 1. The van der Waals surface area contributed by atoms with Crippen LogP contribution < -0.4 is 4.74 Å². The van der Waals surface area contributed by atoms with Gasteiger partial charge < -0.3 is 9.84 Å². The fraction of sp³-hybridized carbons (Fsp3) is 0.136. The van der Waals surface area contributed by atoms with E-state index < -0.39 is 28.5 Å². The molecule has 140 valence electrons. The van der Waals surface area contributed by atoms with Crippen LogP contribution in [-0.4, -0.2) is 22.4 Å². The largest absolute Gasteiger partial charge is 0.471 e. The predicted molar refractivity (Wildman–Crippen MR) is 102 cm³/mol. The molecule has 6 nitrogen and oxygen atoms in total. The van der Waals surface area contributed by atoms with Crippen molar-refractivity contribution in [3.05, 3.63) is 112 Å². The third-order valence-electron chi connectivity index (χ3n) is 5.10. The van der Waals surface area contributed by atoms with E-state index in [9.17, 15) is 20.0 Å². The molecule has 4 rings (SSSR count). The van der Waals surface area contributed by atoms with E-state index in [4.69, 9.17) is 4.74 Å². The van der Waals surface area contributed by atoms with Gasteiger partial charge in [-0.1, -0.05) is 78.9 Å². The summed E-state index contributed by atoms with van der Waals surface area (Å²) in [5, 5.41) is 23.5. The fourth-order valence-electron chi connectivity index (χ4n) is 3.83. The fourth-order valence-corrected chi connectivity index (χ4v) is 3.83. The molecule has 0 fully saturated rings. The van der Waals surface area contributed by atoms with Crippen LogP contribution in [-0.2, 0) is 11.2 Å². The molecular weight excluding hydrogens is 358 g/mol. The van der Waals surface area contributed by atoms with E-state index in [0.717, 1.165) is 0 Å². The van der Waals surface area contributed by atoms with E-state index in [1.165, 1.54) is 0 Å². The molecule has 28 heavy (non-hydrogen) atoms. The highest BCUT2D eigenvalue weighted by Crippen LogP contribution is 2.54. The molecule has 1 heterocycles. The first kappa shape index (κ1) is 17.9. The third-order valence-corrected chi connectivity index (χ3v) is 5.10. The molecule has 6 heteroatoms. The Kier molecular flexibility index (Phi) is 4.20. The minimum absolute atomic E-state index is 0.217. The first-order valence-electron chi connectivity index (χ1n) is 8.77. The van der Waals surface area contributed by atoms with Gasteiger partial charge in [0.2, 0.25) is 17.0 Å². The Morgan fingerprint density at radius 3 is 2.14 bits per heavy atom. The van der Waals surface area contributed by atoms with Crippen molar-refractivity contribution in [2.45, 2.75) is 11.2 Å². The lowest BCUT2D eigenvalue weighted by molar-refractivity contribution is -0.506. The van der Waals surface area contributed by atoms with Crippen LogP contribution in [0, 0.1) is 10.1 Å².